The topological polar surface area (TPSA) is 173 Å². The van der Waals surface area contributed by atoms with Crippen LogP contribution in [-0.2, 0) is 19.2 Å². The van der Waals surface area contributed by atoms with Gasteiger partial charge in [-0.05, 0) is 18.6 Å². The van der Waals surface area contributed by atoms with Gasteiger partial charge in [0.1, 0.15) is 0 Å². The van der Waals surface area contributed by atoms with Crippen LogP contribution in [0.5, 0.6) is 0 Å². The molecule has 0 heterocycles. The Balaban J connectivity index is 2.78. The van der Waals surface area contributed by atoms with Crippen LogP contribution >= 0.6 is 0 Å². The van der Waals surface area contributed by atoms with Crippen LogP contribution in [0.25, 0.3) is 0 Å². The minimum absolute atomic E-state index is 0.0406. The molecule has 0 radical (unpaired) electrons. The zero-order valence-electron chi connectivity index (χ0n) is 11.6. The summed E-state index contributed by atoms with van der Waals surface area (Å²) in [5, 5.41) is 20.4. The van der Waals surface area contributed by atoms with Gasteiger partial charge in [0.2, 0.25) is 11.8 Å². The van der Waals surface area contributed by atoms with E-state index >= 15 is 0 Å². The van der Waals surface area contributed by atoms with Gasteiger partial charge in [0, 0.05) is 24.0 Å². The third kappa shape index (κ3) is 5.02. The highest BCUT2D eigenvalue weighted by atomic mass is 16.4. The molecule has 1 atom stereocenters. The van der Waals surface area contributed by atoms with E-state index in [1.54, 1.807) is 0 Å². The molecule has 0 saturated heterocycles. The number of carbonyl (C=O) groups excluding carboxylic acids is 2. The normalized spacial score (nSPS) is 16.2. The second-order valence-electron chi connectivity index (χ2n) is 4.82. The molecule has 0 aromatic heterocycles. The molecule has 0 aromatic carbocycles. The fourth-order valence-corrected chi connectivity index (χ4v) is 1.88. The Hall–Kier alpha value is -2.68. The third-order valence-electron chi connectivity index (χ3n) is 3.04. The van der Waals surface area contributed by atoms with Crippen LogP contribution in [-0.4, -0.2) is 46.0 Å². The lowest BCUT2D eigenvalue weighted by Crippen LogP contribution is -2.45. The number of hydrogen-bond donors (Lipinski definition) is 5. The molecule has 0 spiro atoms. The fraction of sp³-hybridized carbons (Fsp3) is 0.385. The second-order valence-corrected chi connectivity index (χ2v) is 4.82. The van der Waals surface area contributed by atoms with E-state index in [0.717, 1.165) is 0 Å². The molecule has 120 valence electrons. The van der Waals surface area contributed by atoms with Crippen molar-refractivity contribution >= 4 is 23.8 Å². The Labute approximate surface area is 125 Å². The van der Waals surface area contributed by atoms with Gasteiger partial charge >= 0.3 is 11.9 Å². The number of carboxylic acids is 2. The van der Waals surface area contributed by atoms with Crippen LogP contribution in [0.15, 0.2) is 23.3 Å². The van der Waals surface area contributed by atoms with Gasteiger partial charge < -0.3 is 27.0 Å². The molecular formula is C13H17N3O6. The van der Waals surface area contributed by atoms with E-state index in [-0.39, 0.29) is 30.4 Å². The van der Waals surface area contributed by atoms with Crippen LogP contribution in [0.4, 0.5) is 0 Å². The van der Waals surface area contributed by atoms with Gasteiger partial charge in [-0.3, -0.25) is 9.59 Å². The minimum atomic E-state index is -1.26. The molecule has 0 bridgehead atoms. The number of aliphatic carboxylic acids is 2. The predicted octanol–water partition coefficient (Wildman–Crippen LogP) is -1.51. The lowest BCUT2D eigenvalue weighted by molar-refractivity contribution is -0.133. The monoisotopic (exact) mass is 311 g/mol. The van der Waals surface area contributed by atoms with Crippen molar-refractivity contribution in [1.82, 2.24) is 5.32 Å². The summed E-state index contributed by atoms with van der Waals surface area (Å²) in [6.07, 6.45) is 2.23. The summed E-state index contributed by atoms with van der Waals surface area (Å²) in [7, 11) is 0. The van der Waals surface area contributed by atoms with Crippen LogP contribution in [0, 0.1) is 0 Å². The van der Waals surface area contributed by atoms with Crippen molar-refractivity contribution in [3.8, 4) is 0 Å². The SMILES string of the molecule is NC(=O)CCC(N)C(=O)NC1C=C(C(=O)O)CC(C(=O)O)=C1. The van der Waals surface area contributed by atoms with Gasteiger partial charge in [-0.15, -0.1) is 0 Å². The average Bonchev–Trinajstić information content (AvgIpc) is 2.43. The molecule has 0 aromatic rings. The van der Waals surface area contributed by atoms with E-state index in [2.05, 4.69) is 5.32 Å². The fourth-order valence-electron chi connectivity index (χ4n) is 1.88. The minimum Gasteiger partial charge on any atom is -0.478 e. The summed E-state index contributed by atoms with van der Waals surface area (Å²) in [6, 6.07) is -1.89. The lowest BCUT2D eigenvalue weighted by Gasteiger charge is -2.20. The van der Waals surface area contributed by atoms with Crippen molar-refractivity contribution in [3.05, 3.63) is 23.3 Å². The lowest BCUT2D eigenvalue weighted by atomic mass is 9.95. The van der Waals surface area contributed by atoms with Gasteiger partial charge in [0.25, 0.3) is 0 Å². The van der Waals surface area contributed by atoms with Gasteiger partial charge in [0.15, 0.2) is 0 Å². The number of rotatable bonds is 7. The van der Waals surface area contributed by atoms with Crippen molar-refractivity contribution < 1.29 is 29.4 Å². The number of nitrogens with two attached hydrogens (primary N) is 2. The maximum Gasteiger partial charge on any atom is 0.331 e. The van der Waals surface area contributed by atoms with Crippen LogP contribution in [0.1, 0.15) is 19.3 Å². The van der Waals surface area contributed by atoms with Crippen LogP contribution < -0.4 is 16.8 Å². The Bertz CT molecular complexity index is 536. The molecule has 0 aliphatic heterocycles. The van der Waals surface area contributed by atoms with Gasteiger partial charge in [-0.25, -0.2) is 9.59 Å². The molecule has 0 saturated carbocycles. The van der Waals surface area contributed by atoms with Crippen molar-refractivity contribution in [2.45, 2.75) is 31.3 Å². The number of carbonyl (C=O) groups is 4. The van der Waals surface area contributed by atoms with E-state index in [4.69, 9.17) is 21.7 Å². The number of hydrogen-bond acceptors (Lipinski definition) is 5. The Morgan fingerprint density at radius 1 is 1.18 bits per heavy atom. The maximum absolute atomic E-state index is 11.8. The van der Waals surface area contributed by atoms with E-state index in [0.29, 0.717) is 0 Å². The molecule has 9 nitrogen and oxygen atoms in total. The number of nitrogens with one attached hydrogen (secondary N) is 1. The van der Waals surface area contributed by atoms with E-state index in [1.807, 2.05) is 0 Å². The first-order valence-corrected chi connectivity index (χ1v) is 6.43. The molecular weight excluding hydrogens is 294 g/mol. The number of amides is 2. The zero-order chi connectivity index (χ0) is 16.9. The Kier molecular flexibility index (Phi) is 5.81. The van der Waals surface area contributed by atoms with Crippen LogP contribution in [0.2, 0.25) is 0 Å². The van der Waals surface area contributed by atoms with E-state index in [9.17, 15) is 19.2 Å². The summed E-state index contributed by atoms with van der Waals surface area (Å²) in [6.45, 7) is 0. The molecule has 7 N–H and O–H groups in total. The molecule has 22 heavy (non-hydrogen) atoms. The van der Waals surface area contributed by atoms with Gasteiger partial charge in [-0.2, -0.15) is 0 Å². The first kappa shape index (κ1) is 17.4. The smallest absolute Gasteiger partial charge is 0.331 e. The van der Waals surface area contributed by atoms with E-state index < -0.39 is 35.8 Å². The van der Waals surface area contributed by atoms with Crippen molar-refractivity contribution in [2.75, 3.05) is 0 Å². The molecule has 2 amide bonds. The molecule has 9 heteroatoms. The van der Waals surface area contributed by atoms with Crippen molar-refractivity contribution in [3.63, 3.8) is 0 Å². The van der Waals surface area contributed by atoms with Crippen molar-refractivity contribution in [2.24, 2.45) is 11.5 Å². The van der Waals surface area contributed by atoms with Crippen molar-refractivity contribution in [1.29, 1.82) is 0 Å². The first-order chi connectivity index (χ1) is 10.2. The summed E-state index contributed by atoms with van der Waals surface area (Å²) >= 11 is 0. The molecule has 1 aliphatic rings. The second kappa shape index (κ2) is 7.36. The summed E-state index contributed by atoms with van der Waals surface area (Å²) in [4.78, 5) is 44.4. The van der Waals surface area contributed by atoms with Crippen LogP contribution in [0.3, 0.4) is 0 Å². The van der Waals surface area contributed by atoms with Gasteiger partial charge in [0.05, 0.1) is 12.1 Å². The summed E-state index contributed by atoms with van der Waals surface area (Å²) in [5.74, 6) is -3.74. The Morgan fingerprint density at radius 3 is 2.09 bits per heavy atom. The summed E-state index contributed by atoms with van der Waals surface area (Å²) < 4.78 is 0. The van der Waals surface area contributed by atoms with E-state index in [1.165, 1.54) is 12.2 Å². The quantitative estimate of drug-likeness (QED) is 0.380. The maximum atomic E-state index is 11.8. The average molecular weight is 311 g/mol. The molecule has 1 rings (SSSR count). The molecule has 1 aliphatic carbocycles. The molecule has 1 unspecified atom stereocenters. The highest BCUT2D eigenvalue weighted by molar-refractivity contribution is 5.94. The standard InChI is InChI=1S/C13H17N3O6/c14-9(1-2-10(15)17)11(18)16-8-4-6(12(19)20)3-7(5-8)13(21)22/h4-5,8-9H,1-3,14H2,(H2,15,17)(H,16,18)(H,19,20)(H,21,22). The zero-order valence-corrected chi connectivity index (χ0v) is 11.6. The summed E-state index contributed by atoms with van der Waals surface area (Å²) in [5.41, 5.74) is 10.3. The third-order valence-corrected chi connectivity index (χ3v) is 3.04. The number of primary amides is 1. The first-order valence-electron chi connectivity index (χ1n) is 6.43. The molecule has 0 fully saturated rings. The Morgan fingerprint density at radius 2 is 1.68 bits per heavy atom. The highest BCUT2D eigenvalue weighted by Crippen LogP contribution is 2.19. The predicted molar refractivity (Wildman–Crippen MR) is 74.4 cm³/mol. The highest BCUT2D eigenvalue weighted by Gasteiger charge is 2.24. The van der Waals surface area contributed by atoms with Gasteiger partial charge in [-0.1, -0.05) is 0 Å². The largest absolute Gasteiger partial charge is 0.478 e. The number of carboxylic acid groups (broad SMARTS) is 2.